The molecule has 1 N–H and O–H groups in total. The number of nitrogens with one attached hydrogen (secondary N) is 1. The molecule has 1 aliphatic rings. The first kappa shape index (κ1) is 19.6. The van der Waals surface area contributed by atoms with Crippen LogP contribution >= 0.6 is 11.8 Å². The van der Waals surface area contributed by atoms with Crippen molar-refractivity contribution in [2.24, 2.45) is 0 Å². The molecule has 0 radical (unpaired) electrons. The number of halogens is 3. The highest BCUT2D eigenvalue weighted by atomic mass is 32.2. The van der Waals surface area contributed by atoms with Crippen LogP contribution in [0.25, 0.3) is 0 Å². The van der Waals surface area contributed by atoms with E-state index in [-0.39, 0.29) is 18.2 Å². The summed E-state index contributed by atoms with van der Waals surface area (Å²) >= 11 is 1.48. The minimum absolute atomic E-state index is 0.0298. The van der Waals surface area contributed by atoms with Crippen LogP contribution in [0.4, 0.5) is 13.2 Å². The standard InChI is InChI=1S/C17H21F3N2O2S/c1-16(2,3)21-15(24)13-9-25-10-22(13)14(23)8-11-4-6-12(7-5-11)17(18,19)20/h4-7,13H,8-10H2,1-3H3,(H,21,24). The van der Waals surface area contributed by atoms with Crippen molar-refractivity contribution in [1.29, 1.82) is 0 Å². The fourth-order valence-corrected chi connectivity index (χ4v) is 3.63. The van der Waals surface area contributed by atoms with Gasteiger partial charge in [-0.05, 0) is 38.5 Å². The molecule has 1 aromatic rings. The molecule has 1 heterocycles. The van der Waals surface area contributed by atoms with Gasteiger partial charge in [-0.1, -0.05) is 12.1 Å². The smallest absolute Gasteiger partial charge is 0.350 e. The highest BCUT2D eigenvalue weighted by Crippen LogP contribution is 2.29. The summed E-state index contributed by atoms with van der Waals surface area (Å²) in [6, 6.07) is 3.98. The number of benzene rings is 1. The van der Waals surface area contributed by atoms with Crippen molar-refractivity contribution >= 4 is 23.6 Å². The van der Waals surface area contributed by atoms with E-state index in [0.717, 1.165) is 12.1 Å². The van der Waals surface area contributed by atoms with Crippen molar-refractivity contribution in [1.82, 2.24) is 10.2 Å². The quantitative estimate of drug-likeness (QED) is 0.885. The van der Waals surface area contributed by atoms with E-state index < -0.39 is 23.3 Å². The Kier molecular flexibility index (Phi) is 5.71. The summed E-state index contributed by atoms with van der Waals surface area (Å²) in [5.74, 6) is 0.444. The third kappa shape index (κ3) is 5.39. The van der Waals surface area contributed by atoms with Crippen molar-refractivity contribution < 1.29 is 22.8 Å². The largest absolute Gasteiger partial charge is 0.416 e. The first-order valence-corrected chi connectivity index (χ1v) is 8.98. The van der Waals surface area contributed by atoms with E-state index in [2.05, 4.69) is 5.32 Å². The fourth-order valence-electron chi connectivity index (χ4n) is 2.45. The molecule has 1 aliphatic heterocycles. The molecule has 0 bridgehead atoms. The maximum Gasteiger partial charge on any atom is 0.416 e. The number of thioether (sulfide) groups is 1. The van der Waals surface area contributed by atoms with Crippen molar-refractivity contribution in [3.05, 3.63) is 35.4 Å². The molecule has 1 saturated heterocycles. The number of carbonyl (C=O) groups is 2. The number of alkyl halides is 3. The van der Waals surface area contributed by atoms with E-state index >= 15 is 0 Å². The number of nitrogens with zero attached hydrogens (tertiary/aromatic N) is 1. The van der Waals surface area contributed by atoms with Gasteiger partial charge in [-0.15, -0.1) is 11.8 Å². The number of hydrogen-bond acceptors (Lipinski definition) is 3. The Hall–Kier alpha value is -1.70. The highest BCUT2D eigenvalue weighted by Gasteiger charge is 2.36. The summed E-state index contributed by atoms with van der Waals surface area (Å²) in [7, 11) is 0. The lowest BCUT2D eigenvalue weighted by atomic mass is 10.1. The Balaban J connectivity index is 2.03. The molecule has 1 atom stereocenters. The van der Waals surface area contributed by atoms with Gasteiger partial charge in [0.2, 0.25) is 11.8 Å². The van der Waals surface area contributed by atoms with E-state index in [1.54, 1.807) is 0 Å². The van der Waals surface area contributed by atoms with Crippen LogP contribution < -0.4 is 5.32 Å². The molecule has 1 unspecified atom stereocenters. The van der Waals surface area contributed by atoms with E-state index in [1.807, 2.05) is 20.8 Å². The zero-order valence-corrected chi connectivity index (χ0v) is 15.1. The molecule has 2 rings (SSSR count). The molecule has 138 valence electrons. The molecular weight excluding hydrogens is 353 g/mol. The third-order valence-corrected chi connectivity index (χ3v) is 4.65. The van der Waals surface area contributed by atoms with E-state index in [0.29, 0.717) is 17.2 Å². The molecular formula is C17H21F3N2O2S. The first-order chi connectivity index (χ1) is 11.5. The molecule has 0 spiro atoms. The average Bonchev–Trinajstić information content (AvgIpc) is 2.94. The molecule has 1 aromatic carbocycles. The zero-order valence-electron chi connectivity index (χ0n) is 14.3. The fraction of sp³-hybridized carbons (Fsp3) is 0.529. The minimum atomic E-state index is -4.40. The third-order valence-electron chi connectivity index (χ3n) is 3.64. The number of rotatable bonds is 3. The summed E-state index contributed by atoms with van der Waals surface area (Å²) in [4.78, 5) is 26.3. The van der Waals surface area contributed by atoms with Gasteiger partial charge < -0.3 is 10.2 Å². The topological polar surface area (TPSA) is 49.4 Å². The maximum atomic E-state index is 12.6. The molecule has 0 aliphatic carbocycles. The van der Waals surface area contributed by atoms with Gasteiger partial charge in [0.15, 0.2) is 0 Å². The lowest BCUT2D eigenvalue weighted by molar-refractivity contribution is -0.138. The van der Waals surface area contributed by atoms with Gasteiger partial charge in [0.1, 0.15) is 6.04 Å². The van der Waals surface area contributed by atoms with Gasteiger partial charge in [0, 0.05) is 11.3 Å². The van der Waals surface area contributed by atoms with Crippen LogP contribution in [0.15, 0.2) is 24.3 Å². The van der Waals surface area contributed by atoms with E-state index in [9.17, 15) is 22.8 Å². The molecule has 2 amide bonds. The Morgan fingerprint density at radius 2 is 1.80 bits per heavy atom. The first-order valence-electron chi connectivity index (χ1n) is 7.83. The van der Waals surface area contributed by atoms with Crippen LogP contribution in [0, 0.1) is 0 Å². The summed E-state index contributed by atoms with van der Waals surface area (Å²) in [5, 5.41) is 2.86. The summed E-state index contributed by atoms with van der Waals surface area (Å²) in [5.41, 5.74) is -0.653. The average molecular weight is 374 g/mol. The predicted octanol–water partition coefficient (Wildman–Crippen LogP) is 3.06. The van der Waals surface area contributed by atoms with Crippen molar-refractivity contribution in [3.63, 3.8) is 0 Å². The minimum Gasteiger partial charge on any atom is -0.350 e. The summed E-state index contributed by atoms with van der Waals surface area (Å²) in [6.07, 6.45) is -4.43. The van der Waals surface area contributed by atoms with Gasteiger partial charge >= 0.3 is 6.18 Å². The van der Waals surface area contributed by atoms with Crippen LogP contribution in [-0.4, -0.2) is 39.9 Å². The Labute approximate surface area is 149 Å². The SMILES string of the molecule is CC(C)(C)NC(=O)C1CSCN1C(=O)Cc1ccc(C(F)(F)F)cc1. The van der Waals surface area contributed by atoms with E-state index in [4.69, 9.17) is 0 Å². The maximum absolute atomic E-state index is 12.6. The Morgan fingerprint density at radius 1 is 1.20 bits per heavy atom. The van der Waals surface area contributed by atoms with Crippen molar-refractivity contribution in [3.8, 4) is 0 Å². The molecule has 4 nitrogen and oxygen atoms in total. The number of amides is 2. The van der Waals surface area contributed by atoms with Gasteiger partial charge in [0.25, 0.3) is 0 Å². The molecule has 25 heavy (non-hydrogen) atoms. The molecule has 1 fully saturated rings. The van der Waals surface area contributed by atoms with Crippen LogP contribution in [0.3, 0.4) is 0 Å². The van der Waals surface area contributed by atoms with Crippen LogP contribution in [0.2, 0.25) is 0 Å². The number of carbonyl (C=O) groups excluding carboxylic acids is 2. The lowest BCUT2D eigenvalue weighted by Gasteiger charge is -2.27. The van der Waals surface area contributed by atoms with E-state index in [1.165, 1.54) is 28.8 Å². The van der Waals surface area contributed by atoms with Crippen molar-refractivity contribution in [2.45, 2.75) is 44.9 Å². The second-order valence-corrected chi connectivity index (χ2v) is 7.99. The van der Waals surface area contributed by atoms with Crippen LogP contribution in [-0.2, 0) is 22.2 Å². The number of hydrogen-bond donors (Lipinski definition) is 1. The van der Waals surface area contributed by atoms with Gasteiger partial charge in [0.05, 0.1) is 17.9 Å². The van der Waals surface area contributed by atoms with Crippen molar-refractivity contribution in [2.75, 3.05) is 11.6 Å². The summed E-state index contributed by atoms with van der Waals surface area (Å²) in [6.45, 7) is 5.59. The molecule has 0 saturated carbocycles. The lowest BCUT2D eigenvalue weighted by Crippen LogP contribution is -2.52. The predicted molar refractivity (Wildman–Crippen MR) is 91.0 cm³/mol. The highest BCUT2D eigenvalue weighted by molar-refractivity contribution is 7.99. The molecule has 0 aromatic heterocycles. The monoisotopic (exact) mass is 374 g/mol. The Morgan fingerprint density at radius 3 is 2.32 bits per heavy atom. The van der Waals surface area contributed by atoms with Gasteiger partial charge in [-0.25, -0.2) is 0 Å². The normalized spacial score (nSPS) is 18.3. The van der Waals surface area contributed by atoms with Crippen LogP contribution in [0.5, 0.6) is 0 Å². The van der Waals surface area contributed by atoms with Gasteiger partial charge in [-0.2, -0.15) is 13.2 Å². The second kappa shape index (κ2) is 7.27. The second-order valence-electron chi connectivity index (χ2n) is 6.99. The Bertz CT molecular complexity index is 639. The van der Waals surface area contributed by atoms with Crippen LogP contribution in [0.1, 0.15) is 31.9 Å². The van der Waals surface area contributed by atoms with Gasteiger partial charge in [-0.3, -0.25) is 9.59 Å². The summed E-state index contributed by atoms with van der Waals surface area (Å²) < 4.78 is 37.7. The molecule has 8 heteroatoms. The zero-order chi connectivity index (χ0) is 18.8.